The maximum Gasteiger partial charge on any atom is 0.343 e. The first-order chi connectivity index (χ1) is 15.0. The predicted molar refractivity (Wildman–Crippen MR) is 116 cm³/mol. The van der Waals surface area contributed by atoms with Gasteiger partial charge in [-0.05, 0) is 56.8 Å². The van der Waals surface area contributed by atoms with Crippen molar-refractivity contribution in [3.8, 4) is 11.4 Å². The van der Waals surface area contributed by atoms with Crippen molar-refractivity contribution in [2.24, 2.45) is 5.73 Å². The zero-order valence-corrected chi connectivity index (χ0v) is 17.7. The minimum atomic E-state index is -0.706. The van der Waals surface area contributed by atoms with E-state index < -0.39 is 17.2 Å². The molecule has 0 aliphatic heterocycles. The number of hydrogen-bond acceptors (Lipinski definition) is 5. The molecule has 4 rings (SSSR count). The van der Waals surface area contributed by atoms with Crippen molar-refractivity contribution in [2.45, 2.75) is 38.6 Å². The number of aryl methyl sites for hydroxylation is 1. The van der Waals surface area contributed by atoms with E-state index in [1.807, 2.05) is 16.8 Å². The minimum absolute atomic E-state index is 0.0968. The van der Waals surface area contributed by atoms with Crippen LogP contribution in [-0.4, -0.2) is 35.4 Å². The average Bonchev–Trinajstić information content (AvgIpc) is 3.50. The number of carbonyl (C=O) groups excluding carboxylic acids is 1. The van der Waals surface area contributed by atoms with Crippen LogP contribution < -0.4 is 15.9 Å². The molecule has 8 heteroatoms. The number of nitrogens with zero attached hydrogens (tertiary/aromatic N) is 2. The maximum atomic E-state index is 15.3. The summed E-state index contributed by atoms with van der Waals surface area (Å²) in [4.78, 5) is 25.4. The van der Waals surface area contributed by atoms with Gasteiger partial charge in [0.15, 0.2) is 11.6 Å². The molecule has 0 spiro atoms. The number of aromatic nitrogens is 2. The summed E-state index contributed by atoms with van der Waals surface area (Å²) in [5, 5.41) is 0.103. The molecule has 1 aliphatic carbocycles. The lowest BCUT2D eigenvalue weighted by atomic mass is 10.1. The molecule has 0 bridgehead atoms. The van der Waals surface area contributed by atoms with Gasteiger partial charge in [-0.25, -0.2) is 9.18 Å². The van der Waals surface area contributed by atoms with Crippen LogP contribution in [0.1, 0.15) is 48.1 Å². The molecule has 1 aliphatic rings. The maximum absolute atomic E-state index is 15.3. The van der Waals surface area contributed by atoms with E-state index in [1.165, 1.54) is 19.4 Å². The van der Waals surface area contributed by atoms with Crippen molar-refractivity contribution in [3.05, 3.63) is 57.9 Å². The number of ether oxygens (including phenoxy) is 2. The Hall–Kier alpha value is -3.13. The van der Waals surface area contributed by atoms with Gasteiger partial charge in [0.05, 0.1) is 24.6 Å². The zero-order valence-electron chi connectivity index (χ0n) is 17.7. The van der Waals surface area contributed by atoms with Crippen LogP contribution in [0.25, 0.3) is 16.6 Å². The second-order valence-corrected chi connectivity index (χ2v) is 7.69. The summed E-state index contributed by atoms with van der Waals surface area (Å²) >= 11 is 0. The quantitative estimate of drug-likeness (QED) is 0.557. The number of methoxy groups -OCH3 is 1. The fourth-order valence-corrected chi connectivity index (χ4v) is 3.91. The van der Waals surface area contributed by atoms with Gasteiger partial charge in [0.2, 0.25) is 5.43 Å². The molecule has 1 fully saturated rings. The lowest BCUT2D eigenvalue weighted by Crippen LogP contribution is -2.21. The molecule has 3 aromatic rings. The van der Waals surface area contributed by atoms with Crippen LogP contribution in [0.4, 0.5) is 4.39 Å². The van der Waals surface area contributed by atoms with Crippen molar-refractivity contribution in [1.82, 2.24) is 9.13 Å². The van der Waals surface area contributed by atoms with Crippen LogP contribution >= 0.6 is 0 Å². The normalized spacial score (nSPS) is 13.5. The highest BCUT2D eigenvalue weighted by Gasteiger charge is 2.30. The standard InChI is InChI=1S/C23H26FN3O4/c1-3-31-23(29)17-13-27(15-6-7-15)19-16(21(17)28)11-18(24)20(22(19)30-2)26-10-8-14(12-26)5-4-9-25/h8,10-13,15H,3-7,9,25H2,1-2H3. The molecule has 0 radical (unpaired) electrons. The number of hydrogen-bond donors (Lipinski definition) is 1. The van der Waals surface area contributed by atoms with Crippen LogP contribution in [0, 0.1) is 5.82 Å². The summed E-state index contributed by atoms with van der Waals surface area (Å²) in [7, 11) is 1.46. The third-order valence-corrected chi connectivity index (χ3v) is 5.52. The van der Waals surface area contributed by atoms with Gasteiger partial charge in [-0.3, -0.25) is 4.79 Å². The van der Waals surface area contributed by atoms with Crippen LogP contribution in [0.2, 0.25) is 0 Å². The number of esters is 1. The van der Waals surface area contributed by atoms with Crippen LogP contribution in [0.5, 0.6) is 5.75 Å². The topological polar surface area (TPSA) is 88.5 Å². The fraction of sp³-hybridized carbons (Fsp3) is 0.391. The molecule has 0 amide bonds. The lowest BCUT2D eigenvalue weighted by molar-refractivity contribution is 0.0524. The van der Waals surface area contributed by atoms with Crippen molar-refractivity contribution in [1.29, 1.82) is 0 Å². The Morgan fingerprint density at radius 2 is 2.10 bits per heavy atom. The monoisotopic (exact) mass is 427 g/mol. The van der Waals surface area contributed by atoms with Crippen molar-refractivity contribution in [2.75, 3.05) is 20.3 Å². The van der Waals surface area contributed by atoms with Crippen LogP contribution in [-0.2, 0) is 11.2 Å². The molecule has 7 nitrogen and oxygen atoms in total. The second kappa shape index (κ2) is 8.55. The van der Waals surface area contributed by atoms with E-state index in [9.17, 15) is 9.59 Å². The summed E-state index contributed by atoms with van der Waals surface area (Å²) in [6.07, 6.45) is 8.56. The smallest absolute Gasteiger partial charge is 0.343 e. The lowest BCUT2D eigenvalue weighted by Gasteiger charge is -2.19. The SMILES string of the molecule is CCOC(=O)c1cn(C2CC2)c2c(OC)c(-n3ccc(CCCN)c3)c(F)cc2c1=O. The van der Waals surface area contributed by atoms with Gasteiger partial charge in [0, 0.05) is 24.6 Å². The average molecular weight is 427 g/mol. The number of nitrogens with two attached hydrogens (primary N) is 1. The number of pyridine rings is 1. The number of rotatable bonds is 8. The third-order valence-electron chi connectivity index (χ3n) is 5.52. The predicted octanol–water partition coefficient (Wildman–Crippen LogP) is 3.34. The highest BCUT2D eigenvalue weighted by Crippen LogP contribution is 2.42. The molecule has 0 unspecified atom stereocenters. The Morgan fingerprint density at radius 1 is 1.32 bits per heavy atom. The van der Waals surface area contributed by atoms with Crippen LogP contribution in [0.15, 0.2) is 35.5 Å². The molecule has 0 atom stereocenters. The molecular weight excluding hydrogens is 401 g/mol. The highest BCUT2D eigenvalue weighted by atomic mass is 19.1. The molecule has 0 saturated heterocycles. The fourth-order valence-electron chi connectivity index (χ4n) is 3.91. The van der Waals surface area contributed by atoms with E-state index in [4.69, 9.17) is 15.2 Å². The molecule has 31 heavy (non-hydrogen) atoms. The van der Waals surface area contributed by atoms with E-state index in [1.54, 1.807) is 17.7 Å². The number of fused-ring (bicyclic) bond motifs is 1. The van der Waals surface area contributed by atoms with E-state index in [0.29, 0.717) is 12.1 Å². The van der Waals surface area contributed by atoms with Gasteiger partial charge in [-0.1, -0.05) is 0 Å². The zero-order chi connectivity index (χ0) is 22.1. The van der Waals surface area contributed by atoms with Gasteiger partial charge < -0.3 is 24.3 Å². The van der Waals surface area contributed by atoms with Gasteiger partial charge >= 0.3 is 5.97 Å². The van der Waals surface area contributed by atoms with E-state index in [2.05, 4.69) is 0 Å². The van der Waals surface area contributed by atoms with Crippen molar-refractivity contribution in [3.63, 3.8) is 0 Å². The minimum Gasteiger partial charge on any atom is -0.492 e. The Kier molecular flexibility index (Phi) is 5.82. The molecule has 164 valence electrons. The Balaban J connectivity index is 1.96. The van der Waals surface area contributed by atoms with Crippen LogP contribution in [0.3, 0.4) is 0 Å². The molecule has 2 heterocycles. The molecular formula is C23H26FN3O4. The summed E-state index contributed by atoms with van der Waals surface area (Å²) in [5.74, 6) is -1.05. The summed E-state index contributed by atoms with van der Waals surface area (Å²) < 4.78 is 29.5. The van der Waals surface area contributed by atoms with Gasteiger partial charge in [-0.2, -0.15) is 0 Å². The summed E-state index contributed by atoms with van der Waals surface area (Å²) in [6.45, 7) is 2.40. The second-order valence-electron chi connectivity index (χ2n) is 7.69. The Labute approximate surface area is 179 Å². The van der Waals surface area contributed by atoms with Crippen molar-refractivity contribution >= 4 is 16.9 Å². The van der Waals surface area contributed by atoms with Crippen molar-refractivity contribution < 1.29 is 18.7 Å². The molecule has 2 N–H and O–H groups in total. The highest BCUT2D eigenvalue weighted by molar-refractivity contribution is 5.96. The number of carbonyl (C=O) groups is 1. The molecule has 1 saturated carbocycles. The van der Waals surface area contributed by atoms with E-state index >= 15 is 4.39 Å². The van der Waals surface area contributed by atoms with E-state index in [0.717, 1.165) is 31.2 Å². The Bertz CT molecular complexity index is 1190. The Morgan fingerprint density at radius 3 is 2.74 bits per heavy atom. The van der Waals surface area contributed by atoms with E-state index in [-0.39, 0.29) is 35.0 Å². The first-order valence-electron chi connectivity index (χ1n) is 10.5. The first kappa shape index (κ1) is 21.1. The largest absolute Gasteiger partial charge is 0.492 e. The summed E-state index contributed by atoms with van der Waals surface area (Å²) in [5.41, 5.74) is 6.67. The number of halogens is 1. The van der Waals surface area contributed by atoms with Gasteiger partial charge in [-0.15, -0.1) is 0 Å². The number of benzene rings is 1. The van der Waals surface area contributed by atoms with Gasteiger partial charge in [0.25, 0.3) is 0 Å². The molecule has 1 aromatic carbocycles. The van der Waals surface area contributed by atoms with Gasteiger partial charge in [0.1, 0.15) is 11.3 Å². The third kappa shape index (κ3) is 3.83. The first-order valence-corrected chi connectivity index (χ1v) is 10.5. The summed E-state index contributed by atoms with van der Waals surface area (Å²) in [6, 6.07) is 3.22. The molecule has 2 aromatic heterocycles.